The molecular weight excluding hydrogens is 206 g/mol. The van der Waals surface area contributed by atoms with Gasteiger partial charge in [0.1, 0.15) is 0 Å². The summed E-state index contributed by atoms with van der Waals surface area (Å²) in [6.45, 7) is 6.79. The van der Waals surface area contributed by atoms with Crippen molar-refractivity contribution < 1.29 is 4.90 Å². The molecule has 86 valence electrons. The van der Waals surface area contributed by atoms with Crippen molar-refractivity contribution in [2.45, 2.75) is 39.2 Å². The van der Waals surface area contributed by atoms with Gasteiger partial charge < -0.3 is 10.6 Å². The van der Waals surface area contributed by atoms with Crippen LogP contribution in [0, 0.1) is 11.8 Å². The van der Waals surface area contributed by atoms with Crippen molar-refractivity contribution in [3.05, 3.63) is 0 Å². The van der Waals surface area contributed by atoms with Crippen molar-refractivity contribution >= 4 is 17.3 Å². The van der Waals surface area contributed by atoms with Crippen LogP contribution < -0.4 is 15.5 Å². The van der Waals surface area contributed by atoms with Crippen LogP contribution in [0.1, 0.15) is 33.1 Å². The molecule has 1 saturated carbocycles. The number of hydrogen-bond acceptors (Lipinski definition) is 1. The van der Waals surface area contributed by atoms with Crippen LogP contribution in [0.15, 0.2) is 0 Å². The smallest absolute Gasteiger partial charge is 0.174 e. The summed E-state index contributed by atoms with van der Waals surface area (Å²) < 4.78 is 0. The van der Waals surface area contributed by atoms with Crippen LogP contribution in [0.25, 0.3) is 0 Å². The summed E-state index contributed by atoms with van der Waals surface area (Å²) in [5, 5.41) is 7.31. The van der Waals surface area contributed by atoms with E-state index in [-0.39, 0.29) is 0 Å². The van der Waals surface area contributed by atoms with E-state index >= 15 is 0 Å². The van der Waals surface area contributed by atoms with Gasteiger partial charge in [0.25, 0.3) is 0 Å². The molecule has 0 aromatic rings. The highest BCUT2D eigenvalue weighted by Crippen LogP contribution is 2.27. The molecule has 4 heteroatoms. The quantitative estimate of drug-likeness (QED) is 0.556. The first kappa shape index (κ1) is 11.1. The fourth-order valence-electron chi connectivity index (χ4n) is 2.93. The predicted octanol–water partition coefficient (Wildman–Crippen LogP) is 0.0887. The lowest BCUT2D eigenvalue weighted by Crippen LogP contribution is -3.21. The molecule has 0 amide bonds. The van der Waals surface area contributed by atoms with Gasteiger partial charge in [-0.05, 0) is 37.4 Å². The average molecular weight is 228 g/mol. The topological polar surface area (TPSA) is 28.5 Å². The first-order valence-corrected chi connectivity index (χ1v) is 6.45. The van der Waals surface area contributed by atoms with Crippen molar-refractivity contribution in [2.75, 3.05) is 13.3 Å². The van der Waals surface area contributed by atoms with E-state index in [4.69, 9.17) is 12.2 Å². The highest BCUT2D eigenvalue weighted by atomic mass is 32.1. The van der Waals surface area contributed by atoms with Crippen molar-refractivity contribution in [2.24, 2.45) is 11.8 Å². The molecule has 3 N–H and O–H groups in total. The molecule has 2 rings (SSSR count). The average Bonchev–Trinajstić information content (AvgIpc) is 2.24. The first-order valence-electron chi connectivity index (χ1n) is 6.04. The van der Waals surface area contributed by atoms with Gasteiger partial charge in [-0.2, -0.15) is 0 Å². The van der Waals surface area contributed by atoms with Gasteiger partial charge in [0.05, 0.1) is 6.04 Å². The minimum atomic E-state index is 0.803. The molecule has 1 heterocycles. The Kier molecular flexibility index (Phi) is 3.46. The number of nitrogens with one attached hydrogen (secondary N) is 3. The van der Waals surface area contributed by atoms with Crippen molar-refractivity contribution in [1.29, 1.82) is 0 Å². The normalized spacial score (nSPS) is 38.3. The molecule has 0 unspecified atom stereocenters. The van der Waals surface area contributed by atoms with Crippen molar-refractivity contribution in [3.63, 3.8) is 0 Å². The highest BCUT2D eigenvalue weighted by molar-refractivity contribution is 7.80. The molecule has 1 aliphatic heterocycles. The Morgan fingerprint density at radius 2 is 1.87 bits per heavy atom. The van der Waals surface area contributed by atoms with Gasteiger partial charge in [-0.3, -0.25) is 4.90 Å². The summed E-state index contributed by atoms with van der Waals surface area (Å²) in [4.78, 5) is 1.63. The molecule has 2 fully saturated rings. The third kappa shape index (κ3) is 2.42. The van der Waals surface area contributed by atoms with E-state index in [1.54, 1.807) is 4.90 Å². The van der Waals surface area contributed by atoms with Crippen molar-refractivity contribution in [1.82, 2.24) is 10.6 Å². The summed E-state index contributed by atoms with van der Waals surface area (Å²) in [6, 6.07) is 0.803. The van der Waals surface area contributed by atoms with E-state index in [9.17, 15) is 0 Å². The SMILES string of the molecule is C[C@@H]1[C@H](C)CCC[C@H]1[NH+]1CNC(=S)NC1. The third-order valence-corrected chi connectivity index (χ3v) is 4.47. The molecule has 3 atom stereocenters. The zero-order valence-electron chi connectivity index (χ0n) is 9.68. The number of quaternary nitrogens is 1. The van der Waals surface area contributed by atoms with Gasteiger partial charge in [0.2, 0.25) is 0 Å². The Morgan fingerprint density at radius 1 is 1.20 bits per heavy atom. The molecule has 3 nitrogen and oxygen atoms in total. The number of rotatable bonds is 1. The summed E-state index contributed by atoms with van der Waals surface area (Å²) in [5.41, 5.74) is 0. The molecule has 0 aromatic heterocycles. The van der Waals surface area contributed by atoms with Gasteiger partial charge in [0.15, 0.2) is 18.4 Å². The van der Waals surface area contributed by atoms with Gasteiger partial charge in [-0.1, -0.05) is 13.8 Å². The number of thiocarbonyl (C=S) groups is 1. The molecule has 0 bridgehead atoms. The summed E-state index contributed by atoms with van der Waals surface area (Å²) in [7, 11) is 0. The Balaban J connectivity index is 1.94. The van der Waals surface area contributed by atoms with Crippen LogP contribution in [0.4, 0.5) is 0 Å². The van der Waals surface area contributed by atoms with Gasteiger partial charge >= 0.3 is 0 Å². The van der Waals surface area contributed by atoms with Crippen LogP contribution in [-0.2, 0) is 0 Å². The zero-order valence-corrected chi connectivity index (χ0v) is 10.5. The van der Waals surface area contributed by atoms with Gasteiger partial charge in [-0.25, -0.2) is 0 Å². The highest BCUT2D eigenvalue weighted by Gasteiger charge is 2.35. The van der Waals surface area contributed by atoms with Crippen LogP contribution in [0.3, 0.4) is 0 Å². The minimum absolute atomic E-state index is 0.803. The minimum Gasteiger partial charge on any atom is -0.316 e. The first-order chi connectivity index (χ1) is 7.18. The zero-order chi connectivity index (χ0) is 10.8. The summed E-state index contributed by atoms with van der Waals surface area (Å²) in [6.07, 6.45) is 4.17. The Hall–Kier alpha value is -0.350. The van der Waals surface area contributed by atoms with Gasteiger partial charge in [-0.15, -0.1) is 0 Å². The molecule has 0 aromatic carbocycles. The molecule has 1 aliphatic carbocycles. The fourth-order valence-corrected chi connectivity index (χ4v) is 3.08. The summed E-state index contributed by atoms with van der Waals surface area (Å²) >= 11 is 5.08. The van der Waals surface area contributed by atoms with Crippen LogP contribution in [0.5, 0.6) is 0 Å². The third-order valence-electron chi connectivity index (χ3n) is 4.18. The maximum atomic E-state index is 5.08. The van der Waals surface area contributed by atoms with Crippen LogP contribution in [0.2, 0.25) is 0 Å². The molecule has 15 heavy (non-hydrogen) atoms. The van der Waals surface area contributed by atoms with E-state index in [1.807, 2.05) is 0 Å². The van der Waals surface area contributed by atoms with E-state index in [0.717, 1.165) is 36.3 Å². The lowest BCUT2D eigenvalue weighted by molar-refractivity contribution is -0.936. The monoisotopic (exact) mass is 228 g/mol. The van der Waals surface area contributed by atoms with Crippen LogP contribution in [-0.4, -0.2) is 24.5 Å². The van der Waals surface area contributed by atoms with Gasteiger partial charge in [0, 0.05) is 5.92 Å². The fraction of sp³-hybridized carbons (Fsp3) is 0.909. The summed E-state index contributed by atoms with van der Waals surface area (Å²) in [5.74, 6) is 1.72. The molecule has 2 aliphatic rings. The predicted molar refractivity (Wildman–Crippen MR) is 65.5 cm³/mol. The van der Waals surface area contributed by atoms with E-state index in [2.05, 4.69) is 24.5 Å². The Labute approximate surface area is 97.6 Å². The van der Waals surface area contributed by atoms with Crippen molar-refractivity contribution in [3.8, 4) is 0 Å². The lowest BCUT2D eigenvalue weighted by Gasteiger charge is -2.40. The van der Waals surface area contributed by atoms with E-state index in [0.29, 0.717) is 0 Å². The second-order valence-corrected chi connectivity index (χ2v) is 5.48. The Morgan fingerprint density at radius 3 is 2.53 bits per heavy atom. The molecular formula is C11H22N3S+. The molecule has 0 spiro atoms. The molecule has 1 saturated heterocycles. The van der Waals surface area contributed by atoms with E-state index < -0.39 is 0 Å². The Bertz CT molecular complexity index is 234. The van der Waals surface area contributed by atoms with E-state index in [1.165, 1.54) is 19.3 Å². The standard InChI is InChI=1S/C11H21N3S/c1-8-4-3-5-10(9(8)2)14-6-12-11(15)13-7-14/h8-10H,3-7H2,1-2H3,(H2,12,13,15)/p+1/t8-,9-,10-/m1/s1. The maximum Gasteiger partial charge on any atom is 0.174 e. The maximum absolute atomic E-state index is 5.08. The molecule has 0 radical (unpaired) electrons. The number of hydrogen-bond donors (Lipinski definition) is 3. The second kappa shape index (κ2) is 4.66. The largest absolute Gasteiger partial charge is 0.316 e. The van der Waals surface area contributed by atoms with Crippen LogP contribution >= 0.6 is 12.2 Å². The lowest BCUT2D eigenvalue weighted by atomic mass is 9.77. The second-order valence-electron chi connectivity index (χ2n) is 5.07.